The summed E-state index contributed by atoms with van der Waals surface area (Å²) < 4.78 is 0. The standard InChI is InChI=1S/C14H21N3OS.ClH/c1-17(13(9-2-3-9)10-4-5-10)14(18)11-8-19-12(16-11)6-7-15;/h8-10,13H,2-7,15H2,1H3;1H. The Morgan fingerprint density at radius 2 is 2.05 bits per heavy atom. The fraction of sp³-hybridized carbons (Fsp3) is 0.714. The Hall–Kier alpha value is -0.650. The number of nitrogens with two attached hydrogens (primary N) is 1. The van der Waals surface area contributed by atoms with Gasteiger partial charge >= 0.3 is 0 Å². The lowest BCUT2D eigenvalue weighted by Crippen LogP contribution is -2.40. The molecule has 0 spiro atoms. The Kier molecular flexibility index (Phi) is 5.04. The Balaban J connectivity index is 0.00000147. The molecule has 1 aromatic heterocycles. The van der Waals surface area contributed by atoms with Crippen molar-refractivity contribution in [2.24, 2.45) is 17.6 Å². The maximum atomic E-state index is 12.5. The van der Waals surface area contributed by atoms with E-state index in [1.54, 1.807) is 11.3 Å². The minimum absolute atomic E-state index is 0. The summed E-state index contributed by atoms with van der Waals surface area (Å²) >= 11 is 1.54. The molecule has 0 aliphatic heterocycles. The molecule has 1 heterocycles. The summed E-state index contributed by atoms with van der Waals surface area (Å²) in [5, 5.41) is 2.84. The van der Waals surface area contributed by atoms with E-state index in [-0.39, 0.29) is 18.3 Å². The normalized spacial score (nSPS) is 17.9. The lowest BCUT2D eigenvalue weighted by Gasteiger charge is -2.27. The van der Waals surface area contributed by atoms with Crippen molar-refractivity contribution < 1.29 is 4.79 Å². The molecule has 0 unspecified atom stereocenters. The van der Waals surface area contributed by atoms with Crippen molar-refractivity contribution in [3.63, 3.8) is 0 Å². The molecule has 20 heavy (non-hydrogen) atoms. The van der Waals surface area contributed by atoms with Crippen LogP contribution >= 0.6 is 23.7 Å². The van der Waals surface area contributed by atoms with Crippen LogP contribution in [0.25, 0.3) is 0 Å². The maximum absolute atomic E-state index is 12.5. The summed E-state index contributed by atoms with van der Waals surface area (Å²) in [6, 6.07) is 0.451. The van der Waals surface area contributed by atoms with Crippen molar-refractivity contribution in [1.82, 2.24) is 9.88 Å². The van der Waals surface area contributed by atoms with Crippen LogP contribution in [0.5, 0.6) is 0 Å². The van der Waals surface area contributed by atoms with E-state index in [0.29, 0.717) is 18.3 Å². The number of aromatic nitrogens is 1. The van der Waals surface area contributed by atoms with Crippen LogP contribution in [-0.4, -0.2) is 35.4 Å². The van der Waals surface area contributed by atoms with E-state index >= 15 is 0 Å². The number of hydrogen-bond donors (Lipinski definition) is 1. The molecule has 2 aliphatic carbocycles. The number of halogens is 1. The van der Waals surface area contributed by atoms with Gasteiger partial charge in [-0.3, -0.25) is 4.79 Å². The highest BCUT2D eigenvalue weighted by Gasteiger charge is 2.45. The first-order valence-electron chi connectivity index (χ1n) is 7.12. The number of carbonyl (C=O) groups is 1. The molecule has 4 nitrogen and oxygen atoms in total. The van der Waals surface area contributed by atoms with Gasteiger partial charge in [-0.1, -0.05) is 0 Å². The van der Waals surface area contributed by atoms with Gasteiger partial charge in [0, 0.05) is 24.9 Å². The summed E-state index contributed by atoms with van der Waals surface area (Å²) in [4.78, 5) is 18.9. The molecule has 0 radical (unpaired) electrons. The van der Waals surface area contributed by atoms with Gasteiger partial charge in [-0.2, -0.15) is 0 Å². The van der Waals surface area contributed by atoms with Gasteiger partial charge in [0.15, 0.2) is 0 Å². The quantitative estimate of drug-likeness (QED) is 0.876. The van der Waals surface area contributed by atoms with E-state index in [1.807, 2.05) is 17.3 Å². The topological polar surface area (TPSA) is 59.2 Å². The Labute approximate surface area is 130 Å². The molecule has 0 saturated heterocycles. The highest BCUT2D eigenvalue weighted by atomic mass is 35.5. The molecule has 2 fully saturated rings. The second kappa shape index (κ2) is 6.41. The Morgan fingerprint density at radius 1 is 1.45 bits per heavy atom. The zero-order valence-electron chi connectivity index (χ0n) is 11.7. The number of carbonyl (C=O) groups excluding carboxylic acids is 1. The monoisotopic (exact) mass is 315 g/mol. The van der Waals surface area contributed by atoms with Crippen LogP contribution in [0.2, 0.25) is 0 Å². The van der Waals surface area contributed by atoms with Crippen LogP contribution in [-0.2, 0) is 6.42 Å². The fourth-order valence-corrected chi connectivity index (χ4v) is 3.64. The Morgan fingerprint density at radius 3 is 2.55 bits per heavy atom. The van der Waals surface area contributed by atoms with Gasteiger partial charge in [-0.05, 0) is 44.1 Å². The third kappa shape index (κ3) is 3.32. The smallest absolute Gasteiger partial charge is 0.273 e. The average Bonchev–Trinajstić information content (AvgIpc) is 3.32. The minimum atomic E-state index is 0. The molecule has 3 rings (SSSR count). The first kappa shape index (κ1) is 15.7. The van der Waals surface area contributed by atoms with Gasteiger partial charge in [0.2, 0.25) is 0 Å². The van der Waals surface area contributed by atoms with Gasteiger partial charge in [-0.15, -0.1) is 23.7 Å². The minimum Gasteiger partial charge on any atom is -0.337 e. The van der Waals surface area contributed by atoms with Gasteiger partial charge in [0.1, 0.15) is 5.69 Å². The van der Waals surface area contributed by atoms with Crippen LogP contribution in [0.4, 0.5) is 0 Å². The van der Waals surface area contributed by atoms with E-state index in [4.69, 9.17) is 5.73 Å². The number of amides is 1. The van der Waals surface area contributed by atoms with Gasteiger partial charge in [0.05, 0.1) is 5.01 Å². The van der Waals surface area contributed by atoms with Gasteiger partial charge in [-0.25, -0.2) is 4.98 Å². The molecule has 0 aromatic carbocycles. The molecule has 2 N–H and O–H groups in total. The molecular weight excluding hydrogens is 294 g/mol. The average molecular weight is 316 g/mol. The highest BCUT2D eigenvalue weighted by molar-refractivity contribution is 7.09. The molecule has 112 valence electrons. The lowest BCUT2D eigenvalue weighted by molar-refractivity contribution is 0.0684. The van der Waals surface area contributed by atoms with Crippen LogP contribution in [0.1, 0.15) is 41.2 Å². The van der Waals surface area contributed by atoms with Gasteiger partial charge < -0.3 is 10.6 Å². The number of rotatable bonds is 6. The predicted molar refractivity (Wildman–Crippen MR) is 83.4 cm³/mol. The molecule has 2 aliphatic rings. The number of thiazole rings is 1. The van der Waals surface area contributed by atoms with E-state index in [1.165, 1.54) is 25.7 Å². The molecule has 1 aromatic rings. The maximum Gasteiger partial charge on any atom is 0.273 e. The van der Waals surface area contributed by atoms with Crippen molar-refractivity contribution in [3.8, 4) is 0 Å². The highest BCUT2D eigenvalue weighted by Crippen LogP contribution is 2.47. The second-order valence-corrected chi connectivity index (χ2v) is 6.69. The molecule has 0 bridgehead atoms. The largest absolute Gasteiger partial charge is 0.337 e. The van der Waals surface area contributed by atoms with Crippen LogP contribution in [0, 0.1) is 11.8 Å². The summed E-state index contributed by atoms with van der Waals surface area (Å²) in [5.41, 5.74) is 6.12. The zero-order chi connectivity index (χ0) is 13.4. The third-order valence-electron chi connectivity index (χ3n) is 4.11. The summed E-state index contributed by atoms with van der Waals surface area (Å²) in [6.45, 7) is 0.587. The van der Waals surface area contributed by atoms with Crippen LogP contribution in [0.15, 0.2) is 5.38 Å². The van der Waals surface area contributed by atoms with E-state index in [9.17, 15) is 4.79 Å². The van der Waals surface area contributed by atoms with Crippen molar-refractivity contribution >= 4 is 29.7 Å². The van der Waals surface area contributed by atoms with Crippen LogP contribution in [0.3, 0.4) is 0 Å². The predicted octanol–water partition coefficient (Wildman–Crippen LogP) is 2.33. The summed E-state index contributed by atoms with van der Waals surface area (Å²) in [5.74, 6) is 1.57. The van der Waals surface area contributed by atoms with Crippen molar-refractivity contribution in [2.45, 2.75) is 38.1 Å². The second-order valence-electron chi connectivity index (χ2n) is 5.75. The SMILES string of the molecule is CN(C(=O)c1csc(CCN)n1)C(C1CC1)C1CC1.Cl. The first-order chi connectivity index (χ1) is 9.20. The first-order valence-corrected chi connectivity index (χ1v) is 8.00. The summed E-state index contributed by atoms with van der Waals surface area (Å²) in [7, 11) is 1.95. The third-order valence-corrected chi connectivity index (χ3v) is 5.02. The van der Waals surface area contributed by atoms with Crippen LogP contribution < -0.4 is 5.73 Å². The Bertz CT molecular complexity index is 459. The van der Waals surface area contributed by atoms with E-state index < -0.39 is 0 Å². The van der Waals surface area contributed by atoms with Crippen molar-refractivity contribution in [1.29, 1.82) is 0 Å². The van der Waals surface area contributed by atoms with E-state index in [2.05, 4.69) is 4.98 Å². The summed E-state index contributed by atoms with van der Waals surface area (Å²) in [6.07, 6.45) is 5.90. The zero-order valence-corrected chi connectivity index (χ0v) is 13.4. The number of nitrogens with zero attached hydrogens (tertiary/aromatic N) is 2. The molecule has 1 amide bonds. The number of hydrogen-bond acceptors (Lipinski definition) is 4. The lowest BCUT2D eigenvalue weighted by atomic mass is 10.1. The van der Waals surface area contributed by atoms with Crippen molar-refractivity contribution in [3.05, 3.63) is 16.1 Å². The fourth-order valence-electron chi connectivity index (χ4n) is 2.86. The van der Waals surface area contributed by atoms with E-state index in [0.717, 1.165) is 23.3 Å². The molecule has 6 heteroatoms. The molecule has 2 saturated carbocycles. The molecule has 0 atom stereocenters. The van der Waals surface area contributed by atoms with Crippen molar-refractivity contribution in [2.75, 3.05) is 13.6 Å². The molecular formula is C14H22ClN3OS. The van der Waals surface area contributed by atoms with Gasteiger partial charge in [0.25, 0.3) is 5.91 Å².